The van der Waals surface area contributed by atoms with Crippen LogP contribution in [0.3, 0.4) is 0 Å². The predicted octanol–water partition coefficient (Wildman–Crippen LogP) is -0.457. The fourth-order valence-corrected chi connectivity index (χ4v) is 2.92. The van der Waals surface area contributed by atoms with Gasteiger partial charge in [-0.05, 0) is 19.8 Å². The standard InChI is InChI=1S/C13H17N5O3/c1-8-9(6-14-17(8)2)10(19)18-5-3-4-13(7-18)11(20)15-12(21)16-13/h6H,3-5,7H2,1-2H3,(H2,15,16,20,21). The van der Waals surface area contributed by atoms with E-state index in [0.717, 1.165) is 5.69 Å². The number of urea groups is 1. The first-order chi connectivity index (χ1) is 9.93. The molecule has 8 heteroatoms. The summed E-state index contributed by atoms with van der Waals surface area (Å²) in [7, 11) is 1.77. The number of carbonyl (C=O) groups excluding carboxylic acids is 3. The van der Waals surface area contributed by atoms with Crippen LogP contribution in [0.2, 0.25) is 0 Å². The Hall–Kier alpha value is -2.38. The Balaban J connectivity index is 1.84. The van der Waals surface area contributed by atoms with Crippen LogP contribution in [0, 0.1) is 6.92 Å². The summed E-state index contributed by atoms with van der Waals surface area (Å²) in [5.74, 6) is -0.512. The Morgan fingerprint density at radius 2 is 2.19 bits per heavy atom. The Morgan fingerprint density at radius 1 is 1.43 bits per heavy atom. The molecule has 112 valence electrons. The molecule has 0 aliphatic carbocycles. The average Bonchev–Trinajstić information content (AvgIpc) is 2.90. The molecule has 1 aromatic heterocycles. The first-order valence-corrected chi connectivity index (χ1v) is 6.84. The Bertz CT molecular complexity index is 638. The molecule has 2 fully saturated rings. The summed E-state index contributed by atoms with van der Waals surface area (Å²) in [5.41, 5.74) is 0.319. The van der Waals surface area contributed by atoms with Crippen LogP contribution in [-0.2, 0) is 11.8 Å². The van der Waals surface area contributed by atoms with Crippen LogP contribution in [-0.4, -0.2) is 51.2 Å². The van der Waals surface area contributed by atoms with Crippen LogP contribution in [0.15, 0.2) is 6.20 Å². The summed E-state index contributed by atoms with van der Waals surface area (Å²) in [5, 5.41) is 8.98. The molecule has 1 unspecified atom stereocenters. The highest BCUT2D eigenvalue weighted by Crippen LogP contribution is 2.26. The number of nitrogens with zero attached hydrogens (tertiary/aromatic N) is 3. The molecule has 1 atom stereocenters. The zero-order chi connectivity index (χ0) is 15.2. The van der Waals surface area contributed by atoms with E-state index in [1.807, 2.05) is 6.92 Å². The van der Waals surface area contributed by atoms with Crippen LogP contribution < -0.4 is 10.6 Å². The minimum absolute atomic E-state index is 0.159. The van der Waals surface area contributed by atoms with E-state index in [9.17, 15) is 14.4 Å². The molecule has 4 amide bonds. The molecular weight excluding hydrogens is 274 g/mol. The van der Waals surface area contributed by atoms with Gasteiger partial charge in [0, 0.05) is 19.3 Å². The lowest BCUT2D eigenvalue weighted by atomic mass is 9.89. The molecule has 0 bridgehead atoms. The van der Waals surface area contributed by atoms with E-state index in [1.54, 1.807) is 16.6 Å². The molecule has 2 aliphatic rings. The third-order valence-electron chi connectivity index (χ3n) is 4.26. The minimum Gasteiger partial charge on any atom is -0.336 e. The Kier molecular flexibility index (Phi) is 2.96. The van der Waals surface area contributed by atoms with Crippen molar-refractivity contribution in [3.05, 3.63) is 17.5 Å². The number of hydrogen-bond acceptors (Lipinski definition) is 4. The molecule has 8 nitrogen and oxygen atoms in total. The van der Waals surface area contributed by atoms with Crippen molar-refractivity contribution in [1.82, 2.24) is 25.3 Å². The molecule has 0 radical (unpaired) electrons. The molecule has 2 aliphatic heterocycles. The Morgan fingerprint density at radius 3 is 2.76 bits per heavy atom. The smallest absolute Gasteiger partial charge is 0.322 e. The summed E-state index contributed by atoms with van der Waals surface area (Å²) in [6.07, 6.45) is 2.74. The Labute approximate surface area is 121 Å². The van der Waals surface area contributed by atoms with Gasteiger partial charge in [-0.1, -0.05) is 0 Å². The topological polar surface area (TPSA) is 96.3 Å². The number of hydrogen-bond donors (Lipinski definition) is 2. The lowest BCUT2D eigenvalue weighted by Gasteiger charge is -2.37. The van der Waals surface area contributed by atoms with E-state index < -0.39 is 11.6 Å². The van der Waals surface area contributed by atoms with Crippen molar-refractivity contribution >= 4 is 17.8 Å². The third kappa shape index (κ3) is 2.07. The van der Waals surface area contributed by atoms with E-state index in [1.165, 1.54) is 6.20 Å². The number of nitrogens with one attached hydrogen (secondary N) is 2. The molecule has 21 heavy (non-hydrogen) atoms. The fraction of sp³-hybridized carbons (Fsp3) is 0.538. The lowest BCUT2D eigenvalue weighted by molar-refractivity contribution is -0.125. The molecule has 2 N–H and O–H groups in total. The van der Waals surface area contributed by atoms with Crippen molar-refractivity contribution < 1.29 is 14.4 Å². The van der Waals surface area contributed by atoms with Crippen molar-refractivity contribution in [2.45, 2.75) is 25.3 Å². The normalized spacial score (nSPS) is 25.1. The highest BCUT2D eigenvalue weighted by atomic mass is 16.2. The monoisotopic (exact) mass is 291 g/mol. The second-order valence-electron chi connectivity index (χ2n) is 5.59. The van der Waals surface area contributed by atoms with Crippen molar-refractivity contribution in [3.8, 4) is 0 Å². The van der Waals surface area contributed by atoms with Gasteiger partial charge in [0.25, 0.3) is 11.8 Å². The minimum atomic E-state index is -0.985. The average molecular weight is 291 g/mol. The molecule has 0 saturated carbocycles. The summed E-state index contributed by atoms with van der Waals surface area (Å²) < 4.78 is 1.64. The van der Waals surface area contributed by atoms with E-state index in [4.69, 9.17) is 0 Å². The number of likely N-dealkylation sites (tertiary alicyclic amines) is 1. The highest BCUT2D eigenvalue weighted by molar-refractivity contribution is 6.07. The molecule has 0 aromatic carbocycles. The van der Waals surface area contributed by atoms with E-state index in [2.05, 4.69) is 15.7 Å². The summed E-state index contributed by atoms with van der Waals surface area (Å²) in [6, 6.07) is -0.494. The van der Waals surface area contributed by atoms with E-state index >= 15 is 0 Å². The largest absolute Gasteiger partial charge is 0.336 e. The van der Waals surface area contributed by atoms with Crippen molar-refractivity contribution in [3.63, 3.8) is 0 Å². The number of aromatic nitrogens is 2. The van der Waals surface area contributed by atoms with Gasteiger partial charge in [-0.3, -0.25) is 19.6 Å². The molecule has 3 rings (SSSR count). The van der Waals surface area contributed by atoms with Gasteiger partial charge in [0.05, 0.1) is 18.3 Å². The molecule has 2 saturated heterocycles. The van der Waals surface area contributed by atoms with Crippen LogP contribution in [0.4, 0.5) is 4.79 Å². The summed E-state index contributed by atoms with van der Waals surface area (Å²) >= 11 is 0. The lowest BCUT2D eigenvalue weighted by Crippen LogP contribution is -2.59. The second kappa shape index (κ2) is 4.57. The maximum Gasteiger partial charge on any atom is 0.322 e. The van der Waals surface area contributed by atoms with Gasteiger partial charge in [-0.15, -0.1) is 0 Å². The molecule has 1 spiro atoms. The number of amides is 4. The maximum absolute atomic E-state index is 12.6. The number of carbonyl (C=O) groups is 3. The highest BCUT2D eigenvalue weighted by Gasteiger charge is 2.49. The van der Waals surface area contributed by atoms with Crippen LogP contribution in [0.25, 0.3) is 0 Å². The maximum atomic E-state index is 12.6. The summed E-state index contributed by atoms with van der Waals surface area (Å²) in [4.78, 5) is 37.6. The first kappa shape index (κ1) is 13.6. The van der Waals surface area contributed by atoms with Crippen molar-refractivity contribution in [2.75, 3.05) is 13.1 Å². The zero-order valence-corrected chi connectivity index (χ0v) is 12.0. The number of imide groups is 1. The van der Waals surface area contributed by atoms with Gasteiger partial charge in [0.2, 0.25) is 0 Å². The van der Waals surface area contributed by atoms with E-state index in [0.29, 0.717) is 24.9 Å². The van der Waals surface area contributed by atoms with Gasteiger partial charge >= 0.3 is 6.03 Å². The number of piperidine rings is 1. The van der Waals surface area contributed by atoms with Crippen molar-refractivity contribution in [2.24, 2.45) is 7.05 Å². The van der Waals surface area contributed by atoms with Gasteiger partial charge in [0.1, 0.15) is 5.54 Å². The van der Waals surface area contributed by atoms with Crippen LogP contribution >= 0.6 is 0 Å². The van der Waals surface area contributed by atoms with Gasteiger partial charge in [-0.25, -0.2) is 4.79 Å². The zero-order valence-electron chi connectivity index (χ0n) is 12.0. The summed E-state index contributed by atoms with van der Waals surface area (Å²) in [6.45, 7) is 2.58. The molecule has 3 heterocycles. The fourth-order valence-electron chi connectivity index (χ4n) is 2.92. The van der Waals surface area contributed by atoms with Gasteiger partial charge in [-0.2, -0.15) is 5.10 Å². The molecule has 1 aromatic rings. The molecular formula is C13H17N5O3. The van der Waals surface area contributed by atoms with Gasteiger partial charge < -0.3 is 10.2 Å². The second-order valence-corrected chi connectivity index (χ2v) is 5.59. The van der Waals surface area contributed by atoms with Crippen LogP contribution in [0.1, 0.15) is 28.9 Å². The SMILES string of the molecule is Cc1c(C(=O)N2CCCC3(C2)NC(=O)NC3=O)cnn1C. The van der Waals surface area contributed by atoms with Gasteiger partial charge in [0.15, 0.2) is 0 Å². The van der Waals surface area contributed by atoms with Crippen molar-refractivity contribution in [1.29, 1.82) is 0 Å². The predicted molar refractivity (Wildman–Crippen MR) is 72.5 cm³/mol. The van der Waals surface area contributed by atoms with E-state index in [-0.39, 0.29) is 18.4 Å². The quantitative estimate of drug-likeness (QED) is 0.684. The van der Waals surface area contributed by atoms with Crippen LogP contribution in [0.5, 0.6) is 0 Å². The first-order valence-electron chi connectivity index (χ1n) is 6.84. The number of rotatable bonds is 1. The third-order valence-corrected chi connectivity index (χ3v) is 4.26. The number of aryl methyl sites for hydroxylation is 1.